The lowest BCUT2D eigenvalue weighted by molar-refractivity contribution is -0.385. The van der Waals surface area contributed by atoms with Crippen molar-refractivity contribution in [2.24, 2.45) is 0 Å². The SMILES string of the molecule is N#Cc1nccn1Cc1ccc(Br)cc1[N+](=O)[O-]. The first kappa shape index (κ1) is 12.3. The summed E-state index contributed by atoms with van der Waals surface area (Å²) in [5.74, 6) is 0.229. The average Bonchev–Trinajstić information content (AvgIpc) is 2.78. The van der Waals surface area contributed by atoms with E-state index in [1.165, 1.54) is 12.3 Å². The zero-order valence-corrected chi connectivity index (χ0v) is 10.7. The van der Waals surface area contributed by atoms with Crippen LogP contribution in [0.1, 0.15) is 11.4 Å². The minimum absolute atomic E-state index is 0.0157. The van der Waals surface area contributed by atoms with E-state index >= 15 is 0 Å². The Morgan fingerprint density at radius 2 is 2.33 bits per heavy atom. The Hall–Kier alpha value is -2.20. The lowest BCUT2D eigenvalue weighted by Gasteiger charge is -2.05. The van der Waals surface area contributed by atoms with Gasteiger partial charge in [-0.1, -0.05) is 15.9 Å². The Kier molecular flexibility index (Phi) is 3.39. The predicted octanol–water partition coefficient (Wildman–Crippen LogP) is 2.47. The van der Waals surface area contributed by atoms with Crippen molar-refractivity contribution in [1.82, 2.24) is 9.55 Å². The summed E-state index contributed by atoms with van der Waals surface area (Å²) in [6, 6.07) is 6.76. The molecule has 90 valence electrons. The molecule has 0 atom stereocenters. The van der Waals surface area contributed by atoms with Crippen LogP contribution in [0.5, 0.6) is 0 Å². The topological polar surface area (TPSA) is 84.8 Å². The number of nitriles is 1. The Balaban J connectivity index is 2.41. The predicted molar refractivity (Wildman–Crippen MR) is 66.8 cm³/mol. The van der Waals surface area contributed by atoms with Crippen molar-refractivity contribution in [2.45, 2.75) is 6.54 Å². The number of hydrogen-bond acceptors (Lipinski definition) is 4. The molecule has 0 spiro atoms. The number of benzene rings is 1. The highest BCUT2D eigenvalue weighted by Gasteiger charge is 2.15. The van der Waals surface area contributed by atoms with Crippen LogP contribution in [-0.2, 0) is 6.54 Å². The fourth-order valence-corrected chi connectivity index (χ4v) is 1.92. The molecule has 1 aromatic carbocycles. The van der Waals surface area contributed by atoms with Gasteiger partial charge in [-0.3, -0.25) is 10.1 Å². The van der Waals surface area contributed by atoms with Crippen molar-refractivity contribution < 1.29 is 4.92 Å². The van der Waals surface area contributed by atoms with Crippen LogP contribution in [0.15, 0.2) is 35.1 Å². The number of imidazole rings is 1. The summed E-state index contributed by atoms with van der Waals surface area (Å²) in [4.78, 5) is 14.4. The lowest BCUT2D eigenvalue weighted by Crippen LogP contribution is -2.04. The summed E-state index contributed by atoms with van der Waals surface area (Å²) in [6.07, 6.45) is 3.10. The van der Waals surface area contributed by atoms with E-state index in [-0.39, 0.29) is 18.1 Å². The molecule has 0 N–H and O–H groups in total. The smallest absolute Gasteiger partial charge is 0.275 e. The van der Waals surface area contributed by atoms with Gasteiger partial charge in [-0.15, -0.1) is 0 Å². The molecule has 2 rings (SSSR count). The molecule has 0 aliphatic carbocycles. The van der Waals surface area contributed by atoms with Gasteiger partial charge in [0.25, 0.3) is 5.69 Å². The Labute approximate surface area is 111 Å². The third-order valence-corrected chi connectivity index (χ3v) is 2.89. The molecule has 1 heterocycles. The van der Waals surface area contributed by atoms with Gasteiger partial charge in [-0.25, -0.2) is 4.98 Å². The van der Waals surface area contributed by atoms with Gasteiger partial charge in [0, 0.05) is 28.5 Å². The molecule has 0 aliphatic heterocycles. The summed E-state index contributed by atoms with van der Waals surface area (Å²) < 4.78 is 2.21. The summed E-state index contributed by atoms with van der Waals surface area (Å²) in [7, 11) is 0. The van der Waals surface area contributed by atoms with E-state index in [0.717, 1.165) is 0 Å². The van der Waals surface area contributed by atoms with E-state index in [9.17, 15) is 10.1 Å². The first-order valence-electron chi connectivity index (χ1n) is 4.96. The lowest BCUT2D eigenvalue weighted by atomic mass is 10.2. The van der Waals surface area contributed by atoms with Crippen molar-refractivity contribution >= 4 is 21.6 Å². The van der Waals surface area contributed by atoms with Crippen LogP contribution in [0.2, 0.25) is 0 Å². The molecule has 0 amide bonds. The number of halogens is 1. The van der Waals surface area contributed by atoms with Crippen LogP contribution in [0.25, 0.3) is 0 Å². The van der Waals surface area contributed by atoms with Gasteiger partial charge in [0.05, 0.1) is 11.5 Å². The molecule has 0 radical (unpaired) electrons. The van der Waals surface area contributed by atoms with Gasteiger partial charge >= 0.3 is 0 Å². The number of nitro groups is 1. The van der Waals surface area contributed by atoms with Crippen LogP contribution in [0.3, 0.4) is 0 Å². The van der Waals surface area contributed by atoms with Crippen LogP contribution in [-0.4, -0.2) is 14.5 Å². The Morgan fingerprint density at radius 3 is 3.00 bits per heavy atom. The quantitative estimate of drug-likeness (QED) is 0.644. The summed E-state index contributed by atoms with van der Waals surface area (Å²) in [5.41, 5.74) is 0.541. The molecule has 7 heteroatoms. The van der Waals surface area contributed by atoms with Gasteiger partial charge in [0.2, 0.25) is 5.82 Å². The zero-order valence-electron chi connectivity index (χ0n) is 9.08. The monoisotopic (exact) mass is 306 g/mol. The summed E-state index contributed by atoms with van der Waals surface area (Å²) >= 11 is 3.19. The maximum Gasteiger partial charge on any atom is 0.275 e. The number of nitrogens with zero attached hydrogens (tertiary/aromatic N) is 4. The third kappa shape index (κ3) is 2.38. The minimum Gasteiger partial charge on any atom is -0.318 e. The first-order valence-corrected chi connectivity index (χ1v) is 5.75. The van der Waals surface area contributed by atoms with Crippen LogP contribution >= 0.6 is 15.9 Å². The first-order chi connectivity index (χ1) is 8.61. The van der Waals surface area contributed by atoms with E-state index in [1.807, 2.05) is 6.07 Å². The van der Waals surface area contributed by atoms with Gasteiger partial charge in [-0.2, -0.15) is 5.26 Å². The van der Waals surface area contributed by atoms with Crippen molar-refractivity contribution in [3.8, 4) is 6.07 Å². The van der Waals surface area contributed by atoms with Crippen molar-refractivity contribution in [3.63, 3.8) is 0 Å². The molecule has 0 saturated heterocycles. The standard InChI is InChI=1S/C11H7BrN4O2/c12-9-2-1-8(10(5-9)16(17)18)7-15-4-3-14-11(15)6-13/h1-5H,7H2. The van der Waals surface area contributed by atoms with Gasteiger partial charge in [-0.05, 0) is 12.1 Å². The fourth-order valence-electron chi connectivity index (χ4n) is 1.57. The molecule has 0 fully saturated rings. The van der Waals surface area contributed by atoms with Gasteiger partial charge in [0.1, 0.15) is 6.07 Å². The Morgan fingerprint density at radius 1 is 1.56 bits per heavy atom. The van der Waals surface area contributed by atoms with Gasteiger partial charge < -0.3 is 4.57 Å². The number of rotatable bonds is 3. The van der Waals surface area contributed by atoms with Crippen LogP contribution in [0, 0.1) is 21.4 Å². The zero-order chi connectivity index (χ0) is 13.1. The number of aromatic nitrogens is 2. The molecule has 18 heavy (non-hydrogen) atoms. The second kappa shape index (κ2) is 4.98. The van der Waals surface area contributed by atoms with Crippen molar-refractivity contribution in [1.29, 1.82) is 5.26 Å². The molecule has 0 unspecified atom stereocenters. The molecule has 0 bridgehead atoms. The second-order valence-corrected chi connectivity index (χ2v) is 4.44. The van der Waals surface area contributed by atoms with Gasteiger partial charge in [0.15, 0.2) is 0 Å². The minimum atomic E-state index is -0.441. The van der Waals surface area contributed by atoms with E-state index < -0.39 is 4.92 Å². The van der Waals surface area contributed by atoms with E-state index in [4.69, 9.17) is 5.26 Å². The molecule has 2 aromatic rings. The third-order valence-electron chi connectivity index (χ3n) is 2.40. The molecule has 0 aliphatic rings. The maximum absolute atomic E-state index is 11.0. The Bertz CT molecular complexity index is 645. The molecule has 1 aromatic heterocycles. The summed E-state index contributed by atoms with van der Waals surface area (Å²) in [5, 5.41) is 19.8. The average molecular weight is 307 g/mol. The normalized spacial score (nSPS) is 10.0. The largest absolute Gasteiger partial charge is 0.318 e. The fraction of sp³-hybridized carbons (Fsp3) is 0.0909. The highest BCUT2D eigenvalue weighted by molar-refractivity contribution is 9.10. The van der Waals surface area contributed by atoms with Crippen LogP contribution < -0.4 is 0 Å². The molecular formula is C11H7BrN4O2. The number of nitro benzene ring substituents is 1. The summed E-state index contributed by atoms with van der Waals surface area (Å²) in [6.45, 7) is 0.243. The molecular weight excluding hydrogens is 300 g/mol. The van der Waals surface area contributed by atoms with Crippen molar-refractivity contribution in [3.05, 3.63) is 56.6 Å². The highest BCUT2D eigenvalue weighted by Crippen LogP contribution is 2.24. The maximum atomic E-state index is 11.0. The molecule has 0 saturated carbocycles. The number of hydrogen-bond donors (Lipinski definition) is 0. The van der Waals surface area contributed by atoms with E-state index in [1.54, 1.807) is 22.9 Å². The second-order valence-electron chi connectivity index (χ2n) is 3.52. The van der Waals surface area contributed by atoms with E-state index in [2.05, 4.69) is 20.9 Å². The highest BCUT2D eigenvalue weighted by atomic mass is 79.9. The van der Waals surface area contributed by atoms with Crippen molar-refractivity contribution in [2.75, 3.05) is 0 Å². The molecule has 6 nitrogen and oxygen atoms in total. The van der Waals surface area contributed by atoms with E-state index in [0.29, 0.717) is 10.0 Å². The van der Waals surface area contributed by atoms with Crippen LogP contribution in [0.4, 0.5) is 5.69 Å².